The van der Waals surface area contributed by atoms with E-state index in [1.165, 1.54) is 0 Å². The minimum absolute atomic E-state index is 0.00127. The van der Waals surface area contributed by atoms with E-state index in [4.69, 9.17) is 9.47 Å². The summed E-state index contributed by atoms with van der Waals surface area (Å²) in [6.07, 6.45) is -0.689. The fourth-order valence-corrected chi connectivity index (χ4v) is 2.55. The molecule has 0 aliphatic heterocycles. The van der Waals surface area contributed by atoms with Crippen LogP contribution in [0.2, 0.25) is 0 Å². The van der Waals surface area contributed by atoms with Crippen molar-refractivity contribution in [3.05, 3.63) is 29.0 Å². The van der Waals surface area contributed by atoms with Gasteiger partial charge < -0.3 is 24.9 Å². The largest absolute Gasteiger partial charge is 0.491 e. The van der Waals surface area contributed by atoms with Crippen LogP contribution in [0.15, 0.2) is 6.07 Å². The molecule has 142 valence electrons. The zero-order valence-corrected chi connectivity index (χ0v) is 14.8. The third-order valence-electron chi connectivity index (χ3n) is 3.50. The summed E-state index contributed by atoms with van der Waals surface area (Å²) in [4.78, 5) is 25.6. The topological polar surface area (TPSA) is 101 Å². The maximum absolute atomic E-state index is 14.6. The number of aromatic carboxylic acids is 1. The number of ether oxygens (including phenoxy) is 2. The Morgan fingerprint density at radius 2 is 1.96 bits per heavy atom. The van der Waals surface area contributed by atoms with Gasteiger partial charge in [-0.15, -0.1) is 0 Å². The number of aromatic nitrogens is 1. The summed E-state index contributed by atoms with van der Waals surface area (Å²) in [6, 6.07) is 0.967. The van der Waals surface area contributed by atoms with Crippen LogP contribution in [0, 0.1) is 11.6 Å². The molecule has 1 aromatic heterocycles. The first kappa shape index (κ1) is 19.5. The molecule has 26 heavy (non-hydrogen) atoms. The molecule has 0 unspecified atom stereocenters. The van der Waals surface area contributed by atoms with Crippen LogP contribution >= 0.6 is 0 Å². The van der Waals surface area contributed by atoms with Crippen molar-refractivity contribution in [3.63, 3.8) is 0 Å². The van der Waals surface area contributed by atoms with Crippen LogP contribution in [0.5, 0.6) is 5.75 Å². The molecule has 1 amide bonds. The molecule has 0 aliphatic carbocycles. The highest BCUT2D eigenvalue weighted by Gasteiger charge is 2.24. The Balaban J connectivity index is 2.34. The van der Waals surface area contributed by atoms with E-state index in [9.17, 15) is 23.5 Å². The number of rotatable bonds is 5. The molecule has 0 atom stereocenters. The highest BCUT2D eigenvalue weighted by atomic mass is 19.1. The van der Waals surface area contributed by atoms with Gasteiger partial charge in [-0.2, -0.15) is 0 Å². The summed E-state index contributed by atoms with van der Waals surface area (Å²) in [5.74, 6) is -3.88. The van der Waals surface area contributed by atoms with Crippen LogP contribution < -0.4 is 10.1 Å². The molecule has 0 saturated carbocycles. The number of carbonyl (C=O) groups excluding carboxylic acids is 1. The lowest BCUT2D eigenvalue weighted by molar-refractivity contribution is 0.0528. The van der Waals surface area contributed by atoms with Crippen molar-refractivity contribution in [3.8, 4) is 5.75 Å². The molecule has 2 aromatic rings. The zero-order valence-electron chi connectivity index (χ0n) is 14.8. The van der Waals surface area contributed by atoms with Gasteiger partial charge in [0.05, 0.1) is 12.6 Å². The van der Waals surface area contributed by atoms with E-state index in [0.717, 1.165) is 13.2 Å². The summed E-state index contributed by atoms with van der Waals surface area (Å²) in [5, 5.41) is 11.7. The minimum atomic E-state index is -1.33. The van der Waals surface area contributed by atoms with Gasteiger partial charge >= 0.3 is 12.1 Å². The van der Waals surface area contributed by atoms with Crippen LogP contribution in [-0.4, -0.2) is 41.4 Å². The smallest absolute Gasteiger partial charge is 0.407 e. The lowest BCUT2D eigenvalue weighted by atomic mass is 10.1. The molecule has 0 aliphatic rings. The van der Waals surface area contributed by atoms with E-state index in [0.29, 0.717) is 0 Å². The number of carbonyl (C=O) groups is 2. The van der Waals surface area contributed by atoms with Crippen LogP contribution in [0.4, 0.5) is 13.6 Å². The molecule has 0 bridgehead atoms. The summed E-state index contributed by atoms with van der Waals surface area (Å²) >= 11 is 0. The number of carboxylic acid groups (broad SMARTS) is 1. The first-order chi connectivity index (χ1) is 12.0. The van der Waals surface area contributed by atoms with E-state index in [1.54, 1.807) is 20.8 Å². The fourth-order valence-electron chi connectivity index (χ4n) is 2.55. The van der Waals surface area contributed by atoms with Crippen molar-refractivity contribution in [2.45, 2.75) is 32.8 Å². The van der Waals surface area contributed by atoms with Crippen LogP contribution in [0.25, 0.3) is 10.9 Å². The van der Waals surface area contributed by atoms with Gasteiger partial charge in [0, 0.05) is 18.0 Å². The molecule has 1 aromatic carbocycles. The van der Waals surface area contributed by atoms with Gasteiger partial charge in [-0.1, -0.05) is 0 Å². The fraction of sp³-hybridized carbons (Fsp3) is 0.412. The van der Waals surface area contributed by atoms with Crippen molar-refractivity contribution >= 4 is 23.0 Å². The highest BCUT2D eigenvalue weighted by molar-refractivity contribution is 5.98. The van der Waals surface area contributed by atoms with Crippen molar-refractivity contribution in [2.75, 3.05) is 13.7 Å². The lowest BCUT2D eigenvalue weighted by Gasteiger charge is -2.19. The molecule has 9 heteroatoms. The monoisotopic (exact) mass is 370 g/mol. The Bertz CT molecular complexity index is 855. The zero-order chi connectivity index (χ0) is 19.6. The maximum atomic E-state index is 14.6. The Labute approximate surface area is 148 Å². The number of hydrogen-bond acceptors (Lipinski definition) is 4. The van der Waals surface area contributed by atoms with Gasteiger partial charge in [-0.05, 0) is 32.8 Å². The Morgan fingerprint density at radius 1 is 1.31 bits per heavy atom. The number of methoxy groups -OCH3 is 1. The molecule has 2 rings (SSSR count). The predicted octanol–water partition coefficient (Wildman–Crippen LogP) is 3.22. The highest BCUT2D eigenvalue weighted by Crippen LogP contribution is 2.33. The van der Waals surface area contributed by atoms with Gasteiger partial charge in [-0.3, -0.25) is 0 Å². The summed E-state index contributed by atoms with van der Waals surface area (Å²) < 4.78 is 38.2. The van der Waals surface area contributed by atoms with E-state index in [1.807, 2.05) is 0 Å². The van der Waals surface area contributed by atoms with Crippen LogP contribution in [0.1, 0.15) is 36.8 Å². The minimum Gasteiger partial charge on any atom is -0.491 e. The van der Waals surface area contributed by atoms with Gasteiger partial charge in [0.2, 0.25) is 0 Å². The maximum Gasteiger partial charge on any atom is 0.407 e. The van der Waals surface area contributed by atoms with Gasteiger partial charge in [0.15, 0.2) is 17.4 Å². The molecular weight excluding hydrogens is 350 g/mol. The number of nitrogens with one attached hydrogen (secondary N) is 2. The molecule has 0 saturated heterocycles. The van der Waals surface area contributed by atoms with Gasteiger partial charge in [-0.25, -0.2) is 18.4 Å². The van der Waals surface area contributed by atoms with Crippen molar-refractivity contribution in [2.24, 2.45) is 0 Å². The second-order valence-electron chi connectivity index (χ2n) is 6.59. The number of fused-ring (bicyclic) bond motifs is 1. The average Bonchev–Trinajstić information content (AvgIpc) is 2.84. The predicted molar refractivity (Wildman–Crippen MR) is 89.7 cm³/mol. The number of aromatic amines is 1. The van der Waals surface area contributed by atoms with E-state index < -0.39 is 35.0 Å². The quantitative estimate of drug-likeness (QED) is 0.750. The van der Waals surface area contributed by atoms with Crippen molar-refractivity contribution in [1.29, 1.82) is 0 Å². The summed E-state index contributed by atoms with van der Waals surface area (Å²) in [7, 11) is 1.11. The first-order valence-corrected chi connectivity index (χ1v) is 7.81. The Morgan fingerprint density at radius 3 is 2.50 bits per heavy atom. The molecule has 0 fully saturated rings. The van der Waals surface area contributed by atoms with Crippen LogP contribution in [-0.2, 0) is 11.2 Å². The number of carboxylic acids is 1. The Kier molecular flexibility index (Phi) is 5.38. The van der Waals surface area contributed by atoms with E-state index in [-0.39, 0.29) is 35.1 Å². The second-order valence-corrected chi connectivity index (χ2v) is 6.59. The number of H-pyrrole nitrogens is 1. The second kappa shape index (κ2) is 7.19. The molecular formula is C17H20F2N2O5. The number of hydrogen-bond donors (Lipinski definition) is 3. The third kappa shape index (κ3) is 4.04. The van der Waals surface area contributed by atoms with Gasteiger partial charge in [0.1, 0.15) is 11.3 Å². The standard InChI is InChI=1S/C17H20F2N2O5/c1-17(2,3)26-16(24)20-6-5-8-11-10(21-13(8)15(22)23)7-9(18)14(25-4)12(11)19/h7,21H,5-6H2,1-4H3,(H,20,24)(H,22,23). The lowest BCUT2D eigenvalue weighted by Crippen LogP contribution is -2.33. The van der Waals surface area contributed by atoms with Crippen molar-refractivity contribution < 1.29 is 33.0 Å². The number of halogens is 2. The van der Waals surface area contributed by atoms with Crippen molar-refractivity contribution in [1.82, 2.24) is 10.3 Å². The molecule has 7 nitrogen and oxygen atoms in total. The van der Waals surface area contributed by atoms with E-state index >= 15 is 0 Å². The molecule has 1 heterocycles. The summed E-state index contributed by atoms with van der Waals surface area (Å²) in [6.45, 7) is 5.10. The molecule has 0 radical (unpaired) electrons. The van der Waals surface area contributed by atoms with Gasteiger partial charge in [0.25, 0.3) is 0 Å². The average molecular weight is 370 g/mol. The molecule has 0 spiro atoms. The SMILES string of the molecule is COc1c(F)cc2[nH]c(C(=O)O)c(CCNC(=O)OC(C)(C)C)c2c1F. The Hall–Kier alpha value is -2.84. The molecule has 3 N–H and O–H groups in total. The number of alkyl carbamates (subject to hydrolysis) is 1. The normalized spacial score (nSPS) is 11.5. The first-order valence-electron chi connectivity index (χ1n) is 7.81. The van der Waals surface area contributed by atoms with Crippen LogP contribution in [0.3, 0.4) is 0 Å². The number of benzene rings is 1. The van der Waals surface area contributed by atoms with E-state index in [2.05, 4.69) is 10.3 Å². The third-order valence-corrected chi connectivity index (χ3v) is 3.50. The summed E-state index contributed by atoms with van der Waals surface area (Å²) in [5.41, 5.74) is -0.879. The number of amides is 1.